The first-order valence-corrected chi connectivity index (χ1v) is 20.9. The Hall–Kier alpha value is -1.14. The van der Waals surface area contributed by atoms with Gasteiger partial charge < -0.3 is 38.1 Å². The molecule has 10 heteroatoms. The molecule has 0 aromatic carbocycles. The van der Waals surface area contributed by atoms with E-state index >= 15 is 0 Å². The molecule has 2 saturated heterocycles. The Kier molecular flexibility index (Phi) is 13.8. The zero-order chi connectivity index (χ0) is 37.3. The van der Waals surface area contributed by atoms with Gasteiger partial charge in [-0.1, -0.05) is 20.8 Å². The highest BCUT2D eigenvalue weighted by atomic mass is 16.7. The Labute approximate surface area is 314 Å². The molecule has 2 aliphatic heterocycles. The summed E-state index contributed by atoms with van der Waals surface area (Å²) in [5, 5.41) is 0. The summed E-state index contributed by atoms with van der Waals surface area (Å²) in [7, 11) is 9.45. The van der Waals surface area contributed by atoms with Gasteiger partial charge >= 0.3 is 5.97 Å². The second kappa shape index (κ2) is 17.8. The van der Waals surface area contributed by atoms with Crippen LogP contribution in [0.25, 0.3) is 0 Å². The minimum absolute atomic E-state index is 0.0169. The maximum Gasteiger partial charge on any atom is 0.306 e. The van der Waals surface area contributed by atoms with Crippen molar-refractivity contribution in [2.45, 2.75) is 172 Å². The van der Waals surface area contributed by atoms with Crippen molar-refractivity contribution in [1.82, 2.24) is 4.90 Å². The molecule has 10 nitrogen and oxygen atoms in total. The summed E-state index contributed by atoms with van der Waals surface area (Å²) in [6, 6.07) is 0.361. The van der Waals surface area contributed by atoms with E-state index in [9.17, 15) is 9.59 Å². The number of hydrogen-bond donors (Lipinski definition) is 0. The number of ketones is 1. The van der Waals surface area contributed by atoms with Gasteiger partial charge in [-0.15, -0.1) is 0 Å². The standard InChI is InChI=1S/C42H71NO9/c1-10-27-12-11-13-35(52-38-17-16-34(43(5)6)25(4)49-38)24(3)39(45)33-21-31-29(32(33)22-37(44)51-27)15-14-26-19-28(20-30(26)31)50-36-18-23(2)40(46-7)42(48-9)41(36)47-8/h23-36,38,40-42H,10-22H2,1-9H3. The van der Waals surface area contributed by atoms with Gasteiger partial charge in [0.15, 0.2) is 6.29 Å². The predicted molar refractivity (Wildman–Crippen MR) is 198 cm³/mol. The molecular formula is C42H71NO9. The molecule has 4 saturated carbocycles. The SMILES string of the molecule is CCC1CCCC(OC2CCC(N(C)C)C(C)O2)C(C)C(=O)C2CC3C4CC(OC5CC(C)C(OC)C(OC)C5OC)CC4CCC3C2CC(=O)O1. The first-order valence-electron chi connectivity index (χ1n) is 20.9. The molecule has 18 unspecified atom stereocenters. The van der Waals surface area contributed by atoms with E-state index in [0.29, 0.717) is 42.1 Å². The Morgan fingerprint density at radius 3 is 2.15 bits per heavy atom. The number of fused-ring (bicyclic) bond motifs is 5. The van der Waals surface area contributed by atoms with Gasteiger partial charge in [0.1, 0.15) is 24.1 Å². The summed E-state index contributed by atoms with van der Waals surface area (Å²) in [6.07, 6.45) is 10.5. The van der Waals surface area contributed by atoms with Gasteiger partial charge in [0.2, 0.25) is 0 Å². The van der Waals surface area contributed by atoms with Crippen LogP contribution in [0.3, 0.4) is 0 Å². The molecule has 0 spiro atoms. The minimum Gasteiger partial charge on any atom is -0.462 e. The van der Waals surface area contributed by atoms with Crippen molar-refractivity contribution in [2.24, 2.45) is 47.3 Å². The van der Waals surface area contributed by atoms with E-state index in [1.165, 1.54) is 0 Å². The van der Waals surface area contributed by atoms with Crippen molar-refractivity contribution in [3.63, 3.8) is 0 Å². The average molecular weight is 734 g/mol. The van der Waals surface area contributed by atoms with E-state index in [4.69, 9.17) is 33.2 Å². The largest absolute Gasteiger partial charge is 0.462 e. The lowest BCUT2D eigenvalue weighted by atomic mass is 9.67. The third kappa shape index (κ3) is 8.48. The molecule has 0 amide bonds. The smallest absolute Gasteiger partial charge is 0.306 e. The van der Waals surface area contributed by atoms with Crippen LogP contribution in [0.5, 0.6) is 0 Å². The molecule has 4 aliphatic carbocycles. The first-order chi connectivity index (χ1) is 25.0. The third-order valence-electron chi connectivity index (χ3n) is 14.8. The Bertz CT molecular complexity index is 1180. The molecular weight excluding hydrogens is 662 g/mol. The summed E-state index contributed by atoms with van der Waals surface area (Å²) < 4.78 is 44.0. The van der Waals surface area contributed by atoms with Crippen LogP contribution in [0.1, 0.15) is 111 Å². The van der Waals surface area contributed by atoms with E-state index in [0.717, 1.165) is 77.0 Å². The molecule has 18 atom stereocenters. The first kappa shape index (κ1) is 40.5. The Balaban J connectivity index is 1.18. The third-order valence-corrected chi connectivity index (χ3v) is 14.8. The van der Waals surface area contributed by atoms with E-state index in [-0.39, 0.29) is 84.6 Å². The van der Waals surface area contributed by atoms with Crippen LogP contribution in [0.2, 0.25) is 0 Å². The normalized spacial score (nSPS) is 47.6. The van der Waals surface area contributed by atoms with Crippen LogP contribution in [0.4, 0.5) is 0 Å². The average Bonchev–Trinajstić information content (AvgIpc) is 3.70. The molecule has 52 heavy (non-hydrogen) atoms. The minimum atomic E-state index is -0.304. The lowest BCUT2D eigenvalue weighted by Gasteiger charge is -2.44. The quantitative estimate of drug-likeness (QED) is 0.246. The fourth-order valence-electron chi connectivity index (χ4n) is 12.1. The fraction of sp³-hybridized carbons (Fsp3) is 0.952. The van der Waals surface area contributed by atoms with Gasteiger partial charge in [-0.25, -0.2) is 0 Å². The highest BCUT2D eigenvalue weighted by molar-refractivity contribution is 5.85. The molecule has 6 rings (SSSR count). The molecule has 0 N–H and O–H groups in total. The van der Waals surface area contributed by atoms with E-state index in [1.54, 1.807) is 21.3 Å². The summed E-state index contributed by atoms with van der Waals surface area (Å²) in [5.74, 6) is 1.89. The van der Waals surface area contributed by atoms with Gasteiger partial charge in [-0.3, -0.25) is 9.59 Å². The maximum absolute atomic E-state index is 14.8. The van der Waals surface area contributed by atoms with E-state index in [1.807, 2.05) is 0 Å². The number of Topliss-reactive ketones (excluding diaryl/α,β-unsaturated/α-hetero) is 1. The van der Waals surface area contributed by atoms with Crippen molar-refractivity contribution in [2.75, 3.05) is 35.4 Å². The number of cyclic esters (lactones) is 1. The number of methoxy groups -OCH3 is 3. The molecule has 298 valence electrons. The van der Waals surface area contributed by atoms with Crippen LogP contribution >= 0.6 is 0 Å². The molecule has 0 bridgehead atoms. The molecule has 0 aromatic heterocycles. The van der Waals surface area contributed by atoms with E-state index < -0.39 is 0 Å². The second-order valence-corrected chi connectivity index (χ2v) is 17.8. The zero-order valence-corrected chi connectivity index (χ0v) is 33.7. The molecule has 0 radical (unpaired) electrons. The Morgan fingerprint density at radius 1 is 0.731 bits per heavy atom. The number of carbonyl (C=O) groups is 2. The molecule has 6 fully saturated rings. The lowest BCUT2D eigenvalue weighted by Crippen LogP contribution is -2.56. The van der Waals surface area contributed by atoms with Crippen LogP contribution in [-0.4, -0.2) is 113 Å². The summed E-state index contributed by atoms with van der Waals surface area (Å²) in [6.45, 7) is 8.53. The second-order valence-electron chi connectivity index (χ2n) is 17.8. The van der Waals surface area contributed by atoms with Crippen LogP contribution in [0, 0.1) is 47.3 Å². The fourth-order valence-corrected chi connectivity index (χ4v) is 12.1. The van der Waals surface area contributed by atoms with Crippen LogP contribution in [0.15, 0.2) is 0 Å². The number of carbonyl (C=O) groups excluding carboxylic acids is 2. The topological polar surface area (TPSA) is 102 Å². The van der Waals surface area contributed by atoms with E-state index in [2.05, 4.69) is 46.7 Å². The summed E-state index contributed by atoms with van der Waals surface area (Å²) in [4.78, 5) is 30.6. The van der Waals surface area contributed by atoms with Gasteiger partial charge in [0.05, 0.1) is 30.5 Å². The number of hydrogen-bond acceptors (Lipinski definition) is 10. The van der Waals surface area contributed by atoms with Crippen LogP contribution in [-0.2, 0) is 42.7 Å². The zero-order valence-electron chi connectivity index (χ0n) is 33.7. The highest BCUT2D eigenvalue weighted by Gasteiger charge is 2.56. The maximum atomic E-state index is 14.8. The lowest BCUT2D eigenvalue weighted by molar-refractivity contribution is -0.232. The summed E-state index contributed by atoms with van der Waals surface area (Å²) >= 11 is 0. The van der Waals surface area contributed by atoms with Gasteiger partial charge in [-0.2, -0.15) is 0 Å². The molecule has 6 aliphatic rings. The van der Waals surface area contributed by atoms with Gasteiger partial charge in [0, 0.05) is 45.6 Å². The number of esters is 1. The monoisotopic (exact) mass is 734 g/mol. The summed E-state index contributed by atoms with van der Waals surface area (Å²) in [5.41, 5.74) is 0. The van der Waals surface area contributed by atoms with Crippen molar-refractivity contribution >= 4 is 11.8 Å². The van der Waals surface area contributed by atoms with Crippen LogP contribution < -0.4 is 0 Å². The number of nitrogens with zero attached hydrogens (tertiary/aromatic N) is 1. The number of rotatable bonds is 9. The van der Waals surface area contributed by atoms with Crippen molar-refractivity contribution < 1.29 is 42.7 Å². The highest BCUT2D eigenvalue weighted by Crippen LogP contribution is 2.59. The predicted octanol–water partition coefficient (Wildman–Crippen LogP) is 6.45. The van der Waals surface area contributed by atoms with Gasteiger partial charge in [0.25, 0.3) is 0 Å². The van der Waals surface area contributed by atoms with Crippen molar-refractivity contribution in [3.05, 3.63) is 0 Å². The van der Waals surface area contributed by atoms with Crippen molar-refractivity contribution in [1.29, 1.82) is 0 Å². The number of ether oxygens (including phenoxy) is 7. The van der Waals surface area contributed by atoms with Crippen molar-refractivity contribution in [3.8, 4) is 0 Å². The number of likely N-dealkylation sites (N-methyl/N-ethyl adjacent to an activating group) is 1. The molecule has 2 heterocycles. The molecule has 0 aromatic rings. The Morgan fingerprint density at radius 2 is 1.48 bits per heavy atom. The van der Waals surface area contributed by atoms with Gasteiger partial charge in [-0.05, 0) is 134 Å².